The summed E-state index contributed by atoms with van der Waals surface area (Å²) >= 11 is 0. The van der Waals surface area contributed by atoms with Crippen LogP contribution in [0.15, 0.2) is 29.3 Å². The number of benzene rings is 1. The molecule has 1 aromatic carbocycles. The van der Waals surface area contributed by atoms with Gasteiger partial charge >= 0.3 is 0 Å². The van der Waals surface area contributed by atoms with Gasteiger partial charge in [0.05, 0.1) is 22.3 Å². The second kappa shape index (κ2) is 7.52. The fraction of sp³-hybridized carbons (Fsp3) is 0.389. The summed E-state index contributed by atoms with van der Waals surface area (Å²) in [6.45, 7) is 1.57. The number of rotatable bonds is 4. The fourth-order valence-electron chi connectivity index (χ4n) is 3.42. The van der Waals surface area contributed by atoms with E-state index in [1.165, 1.54) is 18.3 Å². The first-order valence-corrected chi connectivity index (χ1v) is 10.3. The predicted octanol–water partition coefficient (Wildman–Crippen LogP) is 1.74. The maximum atomic E-state index is 13.5. The lowest BCUT2D eigenvalue weighted by molar-refractivity contribution is 0.152. The van der Waals surface area contributed by atoms with Crippen LogP contribution in [0.25, 0.3) is 0 Å². The molecule has 2 heterocycles. The van der Waals surface area contributed by atoms with Crippen molar-refractivity contribution in [2.45, 2.75) is 43.0 Å². The quantitative estimate of drug-likeness (QED) is 0.492. The Morgan fingerprint density at radius 1 is 1.50 bits per heavy atom. The zero-order valence-electron chi connectivity index (χ0n) is 15.4. The third-order valence-corrected chi connectivity index (χ3v) is 6.47. The van der Waals surface area contributed by atoms with E-state index in [9.17, 15) is 18.8 Å². The Labute approximate surface area is 162 Å². The van der Waals surface area contributed by atoms with E-state index in [-0.39, 0.29) is 10.5 Å². The van der Waals surface area contributed by atoms with Crippen LogP contribution in [0.4, 0.5) is 10.1 Å². The third-order valence-electron chi connectivity index (χ3n) is 4.86. The van der Waals surface area contributed by atoms with E-state index in [1.807, 2.05) is 0 Å². The van der Waals surface area contributed by atoms with Crippen LogP contribution in [0.5, 0.6) is 0 Å². The van der Waals surface area contributed by atoms with Gasteiger partial charge in [-0.15, -0.1) is 0 Å². The van der Waals surface area contributed by atoms with Crippen molar-refractivity contribution < 1.29 is 18.8 Å². The largest absolute Gasteiger partial charge is 0.392 e. The second-order valence-corrected chi connectivity index (χ2v) is 8.67. The summed E-state index contributed by atoms with van der Waals surface area (Å²) in [5, 5.41) is 32.4. The van der Waals surface area contributed by atoms with Crippen LogP contribution in [-0.2, 0) is 23.4 Å². The number of halogens is 1. The molecule has 2 aromatic rings. The number of aryl methyl sites for hydroxylation is 1. The first kappa shape index (κ1) is 20.3. The summed E-state index contributed by atoms with van der Waals surface area (Å²) in [5.41, 5.74) is 1.19. The van der Waals surface area contributed by atoms with Crippen molar-refractivity contribution in [1.82, 2.24) is 9.29 Å². The number of nitrogens with one attached hydrogen (secondary N) is 3. The maximum absolute atomic E-state index is 13.5. The third kappa shape index (κ3) is 3.74. The van der Waals surface area contributed by atoms with Gasteiger partial charge in [0.2, 0.25) is 0 Å². The number of nitrogens with zero attached hydrogens (tertiary/aromatic N) is 2. The molecule has 0 aliphatic carbocycles. The molecule has 3 rings (SSSR count). The molecule has 28 heavy (non-hydrogen) atoms. The summed E-state index contributed by atoms with van der Waals surface area (Å²) in [7, 11) is -1.69. The minimum atomic E-state index is -3.36. The zero-order chi connectivity index (χ0) is 20.6. The Balaban J connectivity index is 1.96. The molecule has 1 aromatic heterocycles. The van der Waals surface area contributed by atoms with Crippen molar-refractivity contribution >= 4 is 15.6 Å². The van der Waals surface area contributed by atoms with Crippen molar-refractivity contribution in [3.05, 3.63) is 47.0 Å². The molecule has 0 fully saturated rings. The van der Waals surface area contributed by atoms with Crippen LogP contribution in [0, 0.1) is 21.9 Å². The molecule has 0 saturated carbocycles. The predicted molar refractivity (Wildman–Crippen MR) is 101 cm³/mol. The number of aliphatic hydroxyl groups is 2. The Morgan fingerprint density at radius 2 is 2.21 bits per heavy atom. The highest BCUT2D eigenvalue weighted by molar-refractivity contribution is 7.90. The molecule has 0 radical (unpaired) electrons. The fourth-order valence-corrected chi connectivity index (χ4v) is 5.15. The van der Waals surface area contributed by atoms with Gasteiger partial charge in [-0.3, -0.25) is 0 Å². The molecule has 2 unspecified atom stereocenters. The molecule has 10 heteroatoms. The first-order chi connectivity index (χ1) is 13.1. The van der Waals surface area contributed by atoms with E-state index < -0.39 is 34.1 Å². The molecule has 150 valence electrons. The smallest absolute Gasteiger partial charge is 0.166 e. The molecule has 0 amide bonds. The highest BCUT2D eigenvalue weighted by Crippen LogP contribution is 2.32. The summed E-state index contributed by atoms with van der Waals surface area (Å²) in [6, 6.07) is 5.06. The normalized spacial score (nSPS) is 23.9. The van der Waals surface area contributed by atoms with Crippen LogP contribution in [0.1, 0.15) is 36.4 Å². The van der Waals surface area contributed by atoms with Crippen molar-refractivity contribution in [2.75, 3.05) is 5.32 Å². The lowest BCUT2D eigenvalue weighted by Crippen LogP contribution is -2.40. The van der Waals surface area contributed by atoms with E-state index in [4.69, 9.17) is 10.0 Å². The van der Waals surface area contributed by atoms with Gasteiger partial charge in [-0.1, -0.05) is 0 Å². The Bertz CT molecular complexity index is 1040. The molecular weight excluding hydrogens is 385 g/mol. The van der Waals surface area contributed by atoms with Gasteiger partial charge < -0.3 is 20.1 Å². The standard InChI is InChI=1S/C18H22FN5O3S/c1-10(25)15-6-4-13-16(28(21,27)23-15)9-24(2)17(13)18(26)22-12-3-5-14(19)11(7-12)8-20/h3,5,7,9-10,15,18,22,25-26H,4,6H2,1-2H3,(H2,21,23,27)/t10-,15+,18?,28?/m0/s1. The van der Waals surface area contributed by atoms with Gasteiger partial charge in [0.1, 0.15) is 21.8 Å². The molecule has 1 aliphatic heterocycles. The van der Waals surface area contributed by atoms with Crippen LogP contribution in [0.2, 0.25) is 0 Å². The number of hydrogen-bond acceptors (Lipinski definition) is 6. The molecule has 0 saturated heterocycles. The highest BCUT2D eigenvalue weighted by atomic mass is 32.2. The number of fused-ring (bicyclic) bond motifs is 1. The topological polar surface area (TPSA) is 134 Å². The number of aliphatic hydroxyl groups excluding tert-OH is 2. The minimum absolute atomic E-state index is 0.152. The first-order valence-electron chi connectivity index (χ1n) is 8.70. The van der Waals surface area contributed by atoms with Crippen molar-refractivity contribution in [3.63, 3.8) is 0 Å². The lowest BCUT2D eigenvalue weighted by atomic mass is 10.0. The Hall–Kier alpha value is -2.45. The van der Waals surface area contributed by atoms with E-state index >= 15 is 0 Å². The average molecular weight is 407 g/mol. The second-order valence-electron chi connectivity index (χ2n) is 6.88. The molecule has 1 aliphatic rings. The average Bonchev–Trinajstić information content (AvgIpc) is 2.90. The summed E-state index contributed by atoms with van der Waals surface area (Å²) in [4.78, 5) is 0.269. The molecule has 0 spiro atoms. The zero-order valence-corrected chi connectivity index (χ0v) is 16.3. The molecule has 4 atom stereocenters. The van der Waals surface area contributed by atoms with Gasteiger partial charge in [0.15, 0.2) is 6.23 Å². The SMILES string of the molecule is C[C@H](O)[C@H]1CCc2c(cn(C)c2C(O)Nc2ccc(F)c(C#N)c2)S(=N)(=O)N1. The molecular formula is C18H22FN5O3S. The van der Waals surface area contributed by atoms with Crippen LogP contribution in [-0.4, -0.2) is 31.1 Å². The Kier molecular flexibility index (Phi) is 5.45. The minimum Gasteiger partial charge on any atom is -0.392 e. The van der Waals surface area contributed by atoms with Gasteiger partial charge in [-0.25, -0.2) is 18.1 Å². The van der Waals surface area contributed by atoms with Gasteiger partial charge in [-0.05, 0) is 43.5 Å². The van der Waals surface area contributed by atoms with E-state index in [1.54, 1.807) is 24.6 Å². The number of anilines is 1. The van der Waals surface area contributed by atoms with Crippen LogP contribution >= 0.6 is 0 Å². The molecule has 0 bridgehead atoms. The van der Waals surface area contributed by atoms with E-state index in [0.717, 1.165) is 6.07 Å². The highest BCUT2D eigenvalue weighted by Gasteiger charge is 2.32. The van der Waals surface area contributed by atoms with Crippen molar-refractivity contribution in [3.8, 4) is 6.07 Å². The summed E-state index contributed by atoms with van der Waals surface area (Å²) < 4.78 is 38.9. The van der Waals surface area contributed by atoms with E-state index in [2.05, 4.69) is 10.0 Å². The van der Waals surface area contributed by atoms with Crippen LogP contribution < -0.4 is 10.0 Å². The Morgan fingerprint density at radius 3 is 2.86 bits per heavy atom. The number of hydrogen-bond donors (Lipinski definition) is 5. The molecule has 5 N–H and O–H groups in total. The van der Waals surface area contributed by atoms with Crippen LogP contribution in [0.3, 0.4) is 0 Å². The van der Waals surface area contributed by atoms with Gasteiger partial charge in [-0.2, -0.15) is 5.26 Å². The van der Waals surface area contributed by atoms with Gasteiger partial charge in [0.25, 0.3) is 0 Å². The molecule has 8 nitrogen and oxygen atoms in total. The summed E-state index contributed by atoms with van der Waals surface area (Å²) in [5.74, 6) is -0.653. The number of aromatic nitrogens is 1. The summed E-state index contributed by atoms with van der Waals surface area (Å²) in [6.07, 6.45) is 0.380. The van der Waals surface area contributed by atoms with E-state index in [0.29, 0.717) is 29.8 Å². The van der Waals surface area contributed by atoms with Crippen molar-refractivity contribution in [2.24, 2.45) is 7.05 Å². The van der Waals surface area contributed by atoms with Gasteiger partial charge in [0, 0.05) is 25.0 Å². The number of nitriles is 1. The maximum Gasteiger partial charge on any atom is 0.166 e. The lowest BCUT2D eigenvalue weighted by Gasteiger charge is -2.20. The monoisotopic (exact) mass is 407 g/mol. The van der Waals surface area contributed by atoms with Crippen molar-refractivity contribution in [1.29, 1.82) is 10.0 Å².